The third-order valence-corrected chi connectivity index (χ3v) is 5.11. The van der Waals surface area contributed by atoms with Crippen molar-refractivity contribution in [1.29, 1.82) is 0 Å². The SMILES string of the molecule is Clc1ccc(Sc2nc(N3CCOCC3)nc(N3CCOCC3)n2)nc1. The summed E-state index contributed by atoms with van der Waals surface area (Å²) in [7, 11) is 0. The molecule has 0 aliphatic carbocycles. The molecule has 4 rings (SSSR count). The fraction of sp³-hybridized carbons (Fsp3) is 0.500. The number of hydrogen-bond donors (Lipinski definition) is 0. The van der Waals surface area contributed by atoms with Gasteiger partial charge in [0.15, 0.2) is 0 Å². The lowest BCUT2D eigenvalue weighted by atomic mass is 10.4. The summed E-state index contributed by atoms with van der Waals surface area (Å²) in [5.41, 5.74) is 0. The zero-order valence-corrected chi connectivity index (χ0v) is 15.7. The number of morpholine rings is 2. The number of halogens is 1. The summed E-state index contributed by atoms with van der Waals surface area (Å²) < 4.78 is 10.9. The first-order valence-corrected chi connectivity index (χ1v) is 9.68. The van der Waals surface area contributed by atoms with Crippen molar-refractivity contribution in [3.63, 3.8) is 0 Å². The normalized spacial score (nSPS) is 18.2. The third kappa shape index (κ3) is 4.35. The lowest BCUT2D eigenvalue weighted by molar-refractivity contribution is 0.121. The van der Waals surface area contributed by atoms with Gasteiger partial charge >= 0.3 is 0 Å². The number of anilines is 2. The van der Waals surface area contributed by atoms with Crippen molar-refractivity contribution < 1.29 is 9.47 Å². The molecule has 26 heavy (non-hydrogen) atoms. The Labute approximate surface area is 160 Å². The van der Waals surface area contributed by atoms with Crippen LogP contribution in [0.2, 0.25) is 5.02 Å². The minimum Gasteiger partial charge on any atom is -0.378 e. The average Bonchev–Trinajstić information content (AvgIpc) is 2.71. The van der Waals surface area contributed by atoms with Crippen molar-refractivity contribution in [2.24, 2.45) is 0 Å². The summed E-state index contributed by atoms with van der Waals surface area (Å²) in [4.78, 5) is 22.6. The molecule has 8 nitrogen and oxygen atoms in total. The molecule has 2 fully saturated rings. The van der Waals surface area contributed by atoms with Crippen molar-refractivity contribution in [3.05, 3.63) is 23.4 Å². The maximum atomic E-state index is 5.92. The van der Waals surface area contributed by atoms with Gasteiger partial charge in [-0.2, -0.15) is 15.0 Å². The van der Waals surface area contributed by atoms with Crippen molar-refractivity contribution in [2.45, 2.75) is 10.2 Å². The van der Waals surface area contributed by atoms with Crippen LogP contribution >= 0.6 is 23.4 Å². The Bertz CT molecular complexity index is 702. The molecule has 0 radical (unpaired) electrons. The Hall–Kier alpha value is -1.68. The molecule has 2 aliphatic heterocycles. The van der Waals surface area contributed by atoms with Gasteiger partial charge in [0.1, 0.15) is 5.03 Å². The molecule has 0 aromatic carbocycles. The standard InChI is InChI=1S/C16H19ClN6O2S/c17-12-1-2-13(18-11-12)26-16-20-14(22-3-7-24-8-4-22)19-15(21-16)23-5-9-25-10-6-23/h1-2,11H,3-10H2. The van der Waals surface area contributed by atoms with E-state index in [2.05, 4.69) is 24.8 Å². The highest BCUT2D eigenvalue weighted by Crippen LogP contribution is 2.27. The quantitative estimate of drug-likeness (QED) is 0.770. The fourth-order valence-corrected chi connectivity index (χ4v) is 3.50. The maximum absolute atomic E-state index is 5.92. The minimum atomic E-state index is 0.605. The zero-order valence-electron chi connectivity index (χ0n) is 14.2. The van der Waals surface area contributed by atoms with E-state index < -0.39 is 0 Å². The van der Waals surface area contributed by atoms with Crippen LogP contribution in [0, 0.1) is 0 Å². The van der Waals surface area contributed by atoms with Crippen LogP contribution in [0.25, 0.3) is 0 Å². The van der Waals surface area contributed by atoms with Gasteiger partial charge in [0, 0.05) is 32.4 Å². The molecule has 0 unspecified atom stereocenters. The Balaban J connectivity index is 1.63. The summed E-state index contributed by atoms with van der Waals surface area (Å²) in [5.74, 6) is 1.36. The van der Waals surface area contributed by atoms with Crippen molar-refractivity contribution >= 4 is 35.3 Å². The van der Waals surface area contributed by atoms with Crippen molar-refractivity contribution in [2.75, 3.05) is 62.4 Å². The van der Waals surface area contributed by atoms with E-state index in [-0.39, 0.29) is 0 Å². The molecule has 2 saturated heterocycles. The molecule has 0 spiro atoms. The summed E-state index contributed by atoms with van der Waals surface area (Å²) in [6.07, 6.45) is 1.62. The van der Waals surface area contributed by atoms with Gasteiger partial charge in [0.05, 0.1) is 31.5 Å². The molecule has 138 valence electrons. The van der Waals surface area contributed by atoms with Crippen LogP contribution in [0.4, 0.5) is 11.9 Å². The van der Waals surface area contributed by atoms with Crippen LogP contribution in [-0.4, -0.2) is 72.5 Å². The van der Waals surface area contributed by atoms with Gasteiger partial charge in [-0.15, -0.1) is 0 Å². The van der Waals surface area contributed by atoms with Gasteiger partial charge in [-0.05, 0) is 23.9 Å². The molecule has 0 bridgehead atoms. The molecule has 2 aromatic rings. The lowest BCUT2D eigenvalue weighted by Crippen LogP contribution is -2.40. The van der Waals surface area contributed by atoms with Gasteiger partial charge in [0.25, 0.3) is 0 Å². The second kappa shape index (κ2) is 8.34. The maximum Gasteiger partial charge on any atom is 0.231 e. The number of hydrogen-bond acceptors (Lipinski definition) is 9. The van der Waals surface area contributed by atoms with Crippen LogP contribution in [-0.2, 0) is 9.47 Å². The Kier molecular flexibility index (Phi) is 5.68. The number of rotatable bonds is 4. The van der Waals surface area contributed by atoms with E-state index in [1.54, 1.807) is 6.20 Å². The largest absolute Gasteiger partial charge is 0.378 e. The summed E-state index contributed by atoms with van der Waals surface area (Å²) >= 11 is 7.32. The van der Waals surface area contributed by atoms with E-state index >= 15 is 0 Å². The van der Waals surface area contributed by atoms with Gasteiger partial charge in [0.2, 0.25) is 17.1 Å². The molecule has 0 atom stereocenters. The number of nitrogens with zero attached hydrogens (tertiary/aromatic N) is 6. The molecule has 2 aliphatic rings. The first-order valence-electron chi connectivity index (χ1n) is 8.49. The van der Waals surface area contributed by atoms with E-state index in [1.165, 1.54) is 11.8 Å². The highest BCUT2D eigenvalue weighted by atomic mass is 35.5. The van der Waals surface area contributed by atoms with Crippen LogP contribution < -0.4 is 9.80 Å². The second-order valence-corrected chi connectivity index (χ2v) is 7.26. The lowest BCUT2D eigenvalue weighted by Gasteiger charge is -2.30. The average molecular weight is 395 g/mol. The summed E-state index contributed by atoms with van der Waals surface area (Å²) in [5, 5.41) is 2.02. The van der Waals surface area contributed by atoms with E-state index in [9.17, 15) is 0 Å². The second-order valence-electron chi connectivity index (χ2n) is 5.83. The monoisotopic (exact) mass is 394 g/mol. The van der Waals surface area contributed by atoms with Crippen LogP contribution in [0.3, 0.4) is 0 Å². The molecule has 0 N–H and O–H groups in total. The molecule has 10 heteroatoms. The van der Waals surface area contributed by atoms with Gasteiger partial charge in [-0.1, -0.05) is 11.6 Å². The number of aromatic nitrogens is 4. The topological polar surface area (TPSA) is 76.5 Å². The first-order chi connectivity index (χ1) is 12.8. The minimum absolute atomic E-state index is 0.605. The highest BCUT2D eigenvalue weighted by molar-refractivity contribution is 7.99. The Morgan fingerprint density at radius 1 is 0.846 bits per heavy atom. The number of pyridine rings is 1. The Morgan fingerprint density at radius 3 is 1.92 bits per heavy atom. The third-order valence-electron chi connectivity index (χ3n) is 4.08. The van der Waals surface area contributed by atoms with Crippen LogP contribution in [0.15, 0.2) is 28.5 Å². The van der Waals surface area contributed by atoms with Crippen LogP contribution in [0.1, 0.15) is 0 Å². The predicted molar refractivity (Wildman–Crippen MR) is 99.3 cm³/mol. The van der Waals surface area contributed by atoms with E-state index in [4.69, 9.17) is 26.1 Å². The molecular weight excluding hydrogens is 376 g/mol. The predicted octanol–water partition coefficient (Wildman–Crippen LogP) is 1.74. The first kappa shape index (κ1) is 17.7. The van der Waals surface area contributed by atoms with E-state index in [0.717, 1.165) is 31.2 Å². The smallest absolute Gasteiger partial charge is 0.231 e. The fourth-order valence-electron chi connectivity index (χ4n) is 2.71. The number of ether oxygens (including phenoxy) is 2. The van der Waals surface area contributed by atoms with Gasteiger partial charge in [-0.25, -0.2) is 4.98 Å². The molecular formula is C16H19ClN6O2S. The van der Waals surface area contributed by atoms with Gasteiger partial charge < -0.3 is 19.3 Å². The molecule has 4 heterocycles. The van der Waals surface area contributed by atoms with Gasteiger partial charge in [-0.3, -0.25) is 0 Å². The van der Waals surface area contributed by atoms with Crippen LogP contribution in [0.5, 0.6) is 0 Å². The van der Waals surface area contributed by atoms with Crippen molar-refractivity contribution in [3.8, 4) is 0 Å². The molecule has 0 amide bonds. The van der Waals surface area contributed by atoms with E-state index in [0.29, 0.717) is 48.5 Å². The molecule has 2 aromatic heterocycles. The highest BCUT2D eigenvalue weighted by Gasteiger charge is 2.21. The Morgan fingerprint density at radius 2 is 1.42 bits per heavy atom. The zero-order chi connectivity index (χ0) is 17.8. The summed E-state index contributed by atoms with van der Waals surface area (Å²) in [6, 6.07) is 3.67. The van der Waals surface area contributed by atoms with Crippen molar-refractivity contribution in [1.82, 2.24) is 19.9 Å². The molecule has 0 saturated carbocycles. The van der Waals surface area contributed by atoms with E-state index in [1.807, 2.05) is 12.1 Å². The summed E-state index contributed by atoms with van der Waals surface area (Å²) in [6.45, 7) is 5.82.